The van der Waals surface area contributed by atoms with Crippen LogP contribution in [0.2, 0.25) is 0 Å². The van der Waals surface area contributed by atoms with Gasteiger partial charge in [0, 0.05) is 5.75 Å². The van der Waals surface area contributed by atoms with E-state index in [4.69, 9.17) is 11.5 Å². The maximum absolute atomic E-state index is 12.5. The van der Waals surface area contributed by atoms with E-state index in [1.165, 1.54) is 0 Å². The molecule has 3 amide bonds. The molecule has 0 saturated heterocycles. The Hall–Kier alpha value is -1.85. The van der Waals surface area contributed by atoms with Crippen LogP contribution in [0.15, 0.2) is 0 Å². The third-order valence-corrected chi connectivity index (χ3v) is 4.29. The molecule has 3 atom stereocenters. The number of hydrogen-bond acceptors (Lipinski definition) is 7. The minimum atomic E-state index is -1.15. The Kier molecular flexibility index (Phi) is 13.3. The molecule has 0 bridgehead atoms. The zero-order chi connectivity index (χ0) is 21.7. The predicted octanol–water partition coefficient (Wildman–Crippen LogP) is -1.41. The lowest BCUT2D eigenvalue weighted by Gasteiger charge is -2.24. The van der Waals surface area contributed by atoms with Crippen LogP contribution in [0.1, 0.15) is 39.5 Å². The number of carbonyl (C=O) groups is 4. The topological polar surface area (TPSA) is 177 Å². The fraction of sp³-hybridized carbons (Fsp3) is 0.765. The molecule has 10 nitrogen and oxygen atoms in total. The number of hydrogen-bond donors (Lipinski definition) is 7. The van der Waals surface area contributed by atoms with Gasteiger partial charge < -0.3 is 32.5 Å². The van der Waals surface area contributed by atoms with Gasteiger partial charge in [-0.1, -0.05) is 13.8 Å². The second kappa shape index (κ2) is 14.2. The largest absolute Gasteiger partial charge is 0.480 e. The average Bonchev–Trinajstić information content (AvgIpc) is 2.63. The van der Waals surface area contributed by atoms with Gasteiger partial charge in [0.05, 0.1) is 6.54 Å². The van der Waals surface area contributed by atoms with Crippen LogP contribution in [-0.4, -0.2) is 65.8 Å². The second-order valence-electron chi connectivity index (χ2n) is 6.88. The van der Waals surface area contributed by atoms with E-state index in [0.29, 0.717) is 25.8 Å². The summed E-state index contributed by atoms with van der Waals surface area (Å²) in [5, 5.41) is 16.7. The number of thiol groups is 1. The summed E-state index contributed by atoms with van der Waals surface area (Å²) >= 11 is 4.07. The third kappa shape index (κ3) is 10.5. The molecule has 0 aliphatic heterocycles. The Balaban J connectivity index is 5.03. The smallest absolute Gasteiger partial charge is 0.326 e. The van der Waals surface area contributed by atoms with Crippen molar-refractivity contribution in [2.24, 2.45) is 17.4 Å². The van der Waals surface area contributed by atoms with Crippen molar-refractivity contribution in [2.45, 2.75) is 57.7 Å². The molecule has 0 aromatic heterocycles. The van der Waals surface area contributed by atoms with Crippen LogP contribution in [0.25, 0.3) is 0 Å². The van der Waals surface area contributed by atoms with Gasteiger partial charge in [-0.2, -0.15) is 12.6 Å². The second-order valence-corrected chi connectivity index (χ2v) is 7.25. The van der Waals surface area contributed by atoms with E-state index >= 15 is 0 Å². The predicted molar refractivity (Wildman–Crippen MR) is 109 cm³/mol. The molecule has 0 saturated carbocycles. The van der Waals surface area contributed by atoms with Crippen LogP contribution in [0.3, 0.4) is 0 Å². The molecule has 11 heteroatoms. The molecule has 28 heavy (non-hydrogen) atoms. The maximum atomic E-state index is 12.5. The van der Waals surface area contributed by atoms with Crippen LogP contribution in [0, 0.1) is 5.92 Å². The SMILES string of the molecule is CC(C)CC(NC(=O)C(CS)NC(=O)C(CCCCN)NC(=O)CN)C(=O)O. The highest BCUT2D eigenvalue weighted by Gasteiger charge is 2.28. The number of carboxylic acid groups (broad SMARTS) is 1. The Morgan fingerprint density at radius 3 is 1.96 bits per heavy atom. The van der Waals surface area contributed by atoms with E-state index in [9.17, 15) is 24.3 Å². The van der Waals surface area contributed by atoms with Crippen LogP contribution in [0.4, 0.5) is 0 Å². The Bertz CT molecular complexity index is 532. The molecule has 0 radical (unpaired) electrons. The standard InChI is InChI=1S/C17H33N5O5S/c1-10(2)7-12(17(26)27)21-16(25)13(9-28)22-15(24)11(5-3-4-6-18)20-14(23)8-19/h10-13,28H,3-9,18-19H2,1-2H3,(H,20,23)(H,21,25)(H,22,24)(H,26,27). The number of nitrogens with one attached hydrogen (secondary N) is 3. The highest BCUT2D eigenvalue weighted by atomic mass is 32.1. The fourth-order valence-corrected chi connectivity index (χ4v) is 2.70. The van der Waals surface area contributed by atoms with Crippen molar-refractivity contribution in [3.05, 3.63) is 0 Å². The van der Waals surface area contributed by atoms with Gasteiger partial charge in [0.1, 0.15) is 18.1 Å². The van der Waals surface area contributed by atoms with E-state index in [-0.39, 0.29) is 24.6 Å². The number of amides is 3. The number of unbranched alkanes of at least 4 members (excludes halogenated alkanes) is 1. The Labute approximate surface area is 171 Å². The first-order valence-electron chi connectivity index (χ1n) is 9.30. The van der Waals surface area contributed by atoms with Gasteiger partial charge in [0.25, 0.3) is 0 Å². The van der Waals surface area contributed by atoms with Gasteiger partial charge in [-0.15, -0.1) is 0 Å². The lowest BCUT2D eigenvalue weighted by atomic mass is 10.0. The van der Waals surface area contributed by atoms with Crippen molar-refractivity contribution >= 4 is 36.3 Å². The normalized spacial score (nSPS) is 14.1. The number of nitrogens with two attached hydrogens (primary N) is 2. The molecular weight excluding hydrogens is 386 g/mol. The molecule has 162 valence electrons. The molecule has 0 spiro atoms. The number of aliphatic carboxylic acids is 1. The van der Waals surface area contributed by atoms with E-state index in [1.54, 1.807) is 0 Å². The number of rotatable bonds is 14. The minimum absolute atomic E-state index is 0.0358. The molecule has 0 aliphatic rings. The fourth-order valence-electron chi connectivity index (χ4n) is 2.45. The average molecular weight is 420 g/mol. The van der Waals surface area contributed by atoms with Crippen molar-refractivity contribution in [1.82, 2.24) is 16.0 Å². The van der Waals surface area contributed by atoms with Gasteiger partial charge in [0.15, 0.2) is 0 Å². The monoisotopic (exact) mass is 419 g/mol. The summed E-state index contributed by atoms with van der Waals surface area (Å²) in [5.41, 5.74) is 10.7. The first kappa shape index (κ1) is 26.1. The molecule has 0 aliphatic carbocycles. The van der Waals surface area contributed by atoms with Gasteiger partial charge in [-0.05, 0) is 38.1 Å². The van der Waals surface area contributed by atoms with Crippen molar-refractivity contribution in [3.63, 3.8) is 0 Å². The molecule has 0 aromatic rings. The van der Waals surface area contributed by atoms with Gasteiger partial charge in [0.2, 0.25) is 17.7 Å². The van der Waals surface area contributed by atoms with Gasteiger partial charge in [-0.25, -0.2) is 4.79 Å². The van der Waals surface area contributed by atoms with Crippen molar-refractivity contribution in [1.29, 1.82) is 0 Å². The molecule has 0 rings (SSSR count). The van der Waals surface area contributed by atoms with Crippen molar-refractivity contribution < 1.29 is 24.3 Å². The molecule has 0 aromatic carbocycles. The summed E-state index contributed by atoms with van der Waals surface area (Å²) in [6.45, 7) is 3.86. The summed E-state index contributed by atoms with van der Waals surface area (Å²) in [5.74, 6) is -2.84. The molecule has 3 unspecified atom stereocenters. The molecule has 0 heterocycles. The van der Waals surface area contributed by atoms with E-state index in [1.807, 2.05) is 13.8 Å². The van der Waals surface area contributed by atoms with E-state index < -0.39 is 41.8 Å². The van der Waals surface area contributed by atoms with Crippen LogP contribution in [0.5, 0.6) is 0 Å². The summed E-state index contributed by atoms with van der Waals surface area (Å²) in [6.07, 6.45) is 1.87. The first-order chi connectivity index (χ1) is 13.2. The summed E-state index contributed by atoms with van der Waals surface area (Å²) in [6, 6.07) is -2.98. The first-order valence-corrected chi connectivity index (χ1v) is 9.93. The lowest BCUT2D eigenvalue weighted by Crippen LogP contribution is -2.57. The summed E-state index contributed by atoms with van der Waals surface area (Å²) in [4.78, 5) is 47.8. The van der Waals surface area contributed by atoms with Gasteiger partial charge >= 0.3 is 5.97 Å². The number of carboxylic acids is 1. The van der Waals surface area contributed by atoms with E-state index in [2.05, 4.69) is 28.6 Å². The Morgan fingerprint density at radius 2 is 1.50 bits per heavy atom. The van der Waals surface area contributed by atoms with Crippen molar-refractivity contribution in [2.75, 3.05) is 18.8 Å². The quantitative estimate of drug-likeness (QED) is 0.134. The van der Waals surface area contributed by atoms with Crippen LogP contribution in [-0.2, 0) is 19.2 Å². The zero-order valence-corrected chi connectivity index (χ0v) is 17.3. The van der Waals surface area contributed by atoms with E-state index in [0.717, 1.165) is 0 Å². The Morgan fingerprint density at radius 1 is 0.929 bits per heavy atom. The van der Waals surface area contributed by atoms with Crippen LogP contribution < -0.4 is 27.4 Å². The maximum Gasteiger partial charge on any atom is 0.326 e. The van der Waals surface area contributed by atoms with Gasteiger partial charge in [-0.3, -0.25) is 14.4 Å². The zero-order valence-electron chi connectivity index (χ0n) is 16.4. The minimum Gasteiger partial charge on any atom is -0.480 e. The van der Waals surface area contributed by atoms with Crippen molar-refractivity contribution in [3.8, 4) is 0 Å². The summed E-state index contributed by atoms with van der Waals surface area (Å²) < 4.78 is 0. The molecule has 8 N–H and O–H groups in total. The number of carbonyl (C=O) groups excluding carboxylic acids is 3. The summed E-state index contributed by atoms with van der Waals surface area (Å²) in [7, 11) is 0. The van der Waals surface area contributed by atoms with Crippen LogP contribution >= 0.6 is 12.6 Å². The highest BCUT2D eigenvalue weighted by Crippen LogP contribution is 2.06. The molecular formula is C17H33N5O5S. The molecule has 0 fully saturated rings. The lowest BCUT2D eigenvalue weighted by molar-refractivity contribution is -0.142. The third-order valence-electron chi connectivity index (χ3n) is 3.92. The highest BCUT2D eigenvalue weighted by molar-refractivity contribution is 7.80.